The fourth-order valence-corrected chi connectivity index (χ4v) is 5.26. The van der Waals surface area contributed by atoms with Gasteiger partial charge in [0.2, 0.25) is 0 Å². The molecule has 0 aliphatic carbocycles. The first kappa shape index (κ1) is 17.7. The molecule has 186 valence electrons. The van der Waals surface area contributed by atoms with Crippen molar-refractivity contribution in [3.63, 3.8) is 0 Å². The Bertz CT molecular complexity index is 1560. The molecule has 1 aliphatic heterocycles. The van der Waals surface area contributed by atoms with Gasteiger partial charge in [-0.05, 0) is 80.7 Å². The molecule has 1 aliphatic rings. The Kier molecular flexibility index (Phi) is 4.78. The third-order valence-corrected chi connectivity index (χ3v) is 7.37. The van der Waals surface area contributed by atoms with Crippen molar-refractivity contribution in [3.05, 3.63) is 77.7 Å². The van der Waals surface area contributed by atoms with Crippen LogP contribution in [0.15, 0.2) is 60.9 Å². The Morgan fingerprint density at radius 3 is 2.53 bits per heavy atom. The zero-order valence-electron chi connectivity index (χ0n) is 26.5. The summed E-state index contributed by atoms with van der Waals surface area (Å²) in [5.41, 5.74) is 11.4. The number of hydrogen-bond acceptors (Lipinski definition) is 5. The second-order valence-corrected chi connectivity index (χ2v) is 9.45. The fraction of sp³-hybridized carbons (Fsp3) is 0.345. The molecule has 1 aromatic carbocycles. The van der Waals surface area contributed by atoms with Crippen molar-refractivity contribution < 1.29 is 13.0 Å². The third-order valence-electron chi connectivity index (χ3n) is 7.37. The number of aryl methyl sites for hydroxylation is 1. The second kappa shape index (κ2) is 9.74. The summed E-state index contributed by atoms with van der Waals surface area (Å²) in [5, 5.41) is 1.04. The highest BCUT2D eigenvalue weighted by Gasteiger charge is 2.27. The summed E-state index contributed by atoms with van der Waals surface area (Å²) < 4.78 is 47.2. The quantitative estimate of drug-likeness (QED) is 0.434. The summed E-state index contributed by atoms with van der Waals surface area (Å²) in [4.78, 5) is 24.4. The molecule has 4 heterocycles. The van der Waals surface area contributed by atoms with Crippen LogP contribution >= 0.6 is 0 Å². The summed E-state index contributed by atoms with van der Waals surface area (Å²) in [6, 6.07) is 14.7. The average molecular weight is 489 g/mol. The van der Waals surface area contributed by atoms with Gasteiger partial charge in [0.05, 0.1) is 17.6 Å². The molecule has 36 heavy (non-hydrogen) atoms. The molecule has 0 saturated carbocycles. The largest absolute Gasteiger partial charge is 0.397 e. The molecule has 1 saturated heterocycles. The number of hydrogen-bond donors (Lipinski definition) is 1. The van der Waals surface area contributed by atoms with Gasteiger partial charge in [0, 0.05) is 63.7 Å². The molecule has 0 bridgehead atoms. The van der Waals surface area contributed by atoms with E-state index in [1.807, 2.05) is 25.2 Å². The molecule has 7 nitrogen and oxygen atoms in total. The normalized spacial score (nSPS) is 18.9. The Hall–Kier alpha value is -3.71. The number of aromatic nitrogens is 3. The lowest BCUT2D eigenvalue weighted by atomic mass is 9.88. The lowest BCUT2D eigenvalue weighted by Crippen LogP contribution is -2.35. The predicted molar refractivity (Wildman–Crippen MR) is 145 cm³/mol. The SMILES string of the molecule is [2H]C([2H])([2H])N(C(=O)c1ccc(C2CCN(C(C)c3cc4c(-c5ccc(N)cn5)ccnc4n3C)CC2)cc1)C([2H])([2H])[2H]. The number of pyridine rings is 2. The number of likely N-dealkylation sites (tertiary alicyclic amines) is 1. The molecule has 1 atom stereocenters. The van der Waals surface area contributed by atoms with Gasteiger partial charge in [0.15, 0.2) is 0 Å². The van der Waals surface area contributed by atoms with Crippen LogP contribution in [0.1, 0.15) is 61.6 Å². The summed E-state index contributed by atoms with van der Waals surface area (Å²) in [5.74, 6) is -0.763. The van der Waals surface area contributed by atoms with E-state index in [0.717, 1.165) is 59.5 Å². The van der Waals surface area contributed by atoms with Gasteiger partial charge in [-0.3, -0.25) is 14.7 Å². The molecular weight excluding hydrogens is 448 g/mol. The molecule has 2 N–H and O–H groups in total. The van der Waals surface area contributed by atoms with Gasteiger partial charge in [-0.25, -0.2) is 4.98 Å². The van der Waals surface area contributed by atoms with Crippen LogP contribution in [0.25, 0.3) is 22.3 Å². The van der Waals surface area contributed by atoms with Crippen LogP contribution in [-0.2, 0) is 7.05 Å². The molecule has 1 unspecified atom stereocenters. The highest BCUT2D eigenvalue weighted by molar-refractivity contribution is 5.94. The summed E-state index contributed by atoms with van der Waals surface area (Å²) in [6.07, 6.45) is 5.29. The van der Waals surface area contributed by atoms with Crippen LogP contribution in [0.4, 0.5) is 5.69 Å². The number of piperidine rings is 1. The minimum absolute atomic E-state index is 0.00732. The number of nitrogen functional groups attached to an aromatic ring is 1. The predicted octanol–water partition coefficient (Wildman–Crippen LogP) is 4.86. The number of benzene rings is 1. The topological polar surface area (TPSA) is 80.3 Å². The van der Waals surface area contributed by atoms with Crippen LogP contribution in [0.2, 0.25) is 0 Å². The number of anilines is 1. The zero-order valence-corrected chi connectivity index (χ0v) is 20.5. The van der Waals surface area contributed by atoms with Crippen molar-refractivity contribution in [2.45, 2.75) is 31.7 Å². The Morgan fingerprint density at radius 2 is 1.86 bits per heavy atom. The van der Waals surface area contributed by atoms with Gasteiger partial charge in [0.1, 0.15) is 5.65 Å². The molecule has 0 radical (unpaired) electrons. The minimum Gasteiger partial charge on any atom is -0.397 e. The maximum absolute atomic E-state index is 12.8. The number of carbonyl (C=O) groups excluding carboxylic acids is 1. The van der Waals surface area contributed by atoms with Crippen LogP contribution in [-0.4, -0.2) is 57.3 Å². The Labute approximate surface area is 221 Å². The molecule has 1 fully saturated rings. The van der Waals surface area contributed by atoms with Crippen molar-refractivity contribution in [1.29, 1.82) is 0 Å². The van der Waals surface area contributed by atoms with Crippen LogP contribution in [0.3, 0.4) is 0 Å². The van der Waals surface area contributed by atoms with E-state index in [0.29, 0.717) is 5.69 Å². The van der Waals surface area contributed by atoms with Crippen molar-refractivity contribution in [2.75, 3.05) is 32.8 Å². The van der Waals surface area contributed by atoms with E-state index in [1.165, 1.54) is 12.1 Å². The smallest absolute Gasteiger partial charge is 0.253 e. The van der Waals surface area contributed by atoms with E-state index < -0.39 is 19.9 Å². The number of rotatable bonds is 5. The van der Waals surface area contributed by atoms with Gasteiger partial charge in [-0.1, -0.05) is 12.1 Å². The fourth-order valence-electron chi connectivity index (χ4n) is 5.26. The average Bonchev–Trinajstić information content (AvgIpc) is 3.28. The molecule has 3 aromatic heterocycles. The van der Waals surface area contributed by atoms with Crippen molar-refractivity contribution in [3.8, 4) is 11.3 Å². The summed E-state index contributed by atoms with van der Waals surface area (Å²) in [7, 11) is 2.04. The number of carbonyl (C=O) groups is 1. The number of fused-ring (bicyclic) bond motifs is 1. The van der Waals surface area contributed by atoms with Crippen molar-refractivity contribution >= 4 is 22.6 Å². The Balaban J connectivity index is 1.28. The molecule has 1 amide bonds. The molecule has 7 heteroatoms. The summed E-state index contributed by atoms with van der Waals surface area (Å²) in [6.45, 7) is -2.18. The first-order valence-electron chi connectivity index (χ1n) is 15.1. The molecule has 4 aromatic rings. The molecular formula is C29H34N6O. The minimum atomic E-state index is -3.07. The van der Waals surface area contributed by atoms with Crippen molar-refractivity contribution in [1.82, 2.24) is 24.3 Å². The lowest BCUT2D eigenvalue weighted by Gasteiger charge is -2.36. The molecule has 5 rings (SSSR count). The number of nitrogens with two attached hydrogens (primary N) is 1. The van der Waals surface area contributed by atoms with Crippen LogP contribution in [0, 0.1) is 0 Å². The van der Waals surface area contributed by atoms with Crippen molar-refractivity contribution in [2.24, 2.45) is 7.05 Å². The van der Waals surface area contributed by atoms with E-state index in [2.05, 4.69) is 32.4 Å². The van der Waals surface area contributed by atoms with Gasteiger partial charge in [-0.15, -0.1) is 0 Å². The maximum atomic E-state index is 12.8. The monoisotopic (exact) mass is 488 g/mol. The third kappa shape index (κ3) is 4.46. The summed E-state index contributed by atoms with van der Waals surface area (Å²) >= 11 is 0. The van der Waals surface area contributed by atoms with E-state index in [-0.39, 0.29) is 22.4 Å². The standard InChI is InChI=1S/C29H34N6O/c1-19(35-15-12-21(13-16-35)20-5-7-22(8-6-20)29(36)33(2)3)27-17-25-24(11-14-31-28(25)34(27)4)26-10-9-23(30)18-32-26/h5-11,14,17-19,21H,12-13,15-16,30H2,1-4H3/i2D3,3D3. The van der Waals surface area contributed by atoms with Gasteiger partial charge in [0.25, 0.3) is 5.91 Å². The number of amides is 1. The van der Waals surface area contributed by atoms with Gasteiger partial charge >= 0.3 is 0 Å². The van der Waals surface area contributed by atoms with E-state index in [4.69, 9.17) is 14.0 Å². The van der Waals surface area contributed by atoms with E-state index >= 15 is 0 Å². The first-order chi connectivity index (χ1) is 19.8. The highest BCUT2D eigenvalue weighted by atomic mass is 16.2. The first-order valence-corrected chi connectivity index (χ1v) is 12.1. The highest BCUT2D eigenvalue weighted by Crippen LogP contribution is 2.35. The molecule has 0 spiro atoms. The van der Waals surface area contributed by atoms with E-state index in [9.17, 15) is 4.79 Å². The van der Waals surface area contributed by atoms with Gasteiger partial charge in [-0.2, -0.15) is 0 Å². The lowest BCUT2D eigenvalue weighted by molar-refractivity contribution is 0.0827. The van der Waals surface area contributed by atoms with Crippen LogP contribution in [0.5, 0.6) is 0 Å². The maximum Gasteiger partial charge on any atom is 0.253 e. The van der Waals surface area contributed by atoms with E-state index in [1.54, 1.807) is 24.5 Å². The number of nitrogens with zero attached hydrogens (tertiary/aromatic N) is 5. The van der Waals surface area contributed by atoms with Gasteiger partial charge < -0.3 is 15.2 Å². The second-order valence-electron chi connectivity index (χ2n) is 9.45. The Morgan fingerprint density at radius 1 is 1.11 bits per heavy atom. The zero-order chi connectivity index (χ0) is 30.4. The van der Waals surface area contributed by atoms with Crippen LogP contribution < -0.4 is 5.73 Å².